The van der Waals surface area contributed by atoms with Crippen LogP contribution in [0.1, 0.15) is 22.5 Å². The maximum Gasteiger partial charge on any atom is 0.0556 e. The van der Waals surface area contributed by atoms with Crippen LogP contribution in [0.4, 0.5) is 0 Å². The Balaban J connectivity index is 1.61. The lowest BCUT2D eigenvalue weighted by molar-refractivity contribution is 0.243. The van der Waals surface area contributed by atoms with Crippen LogP contribution in [0.2, 0.25) is 0 Å². The molecule has 0 atom stereocenters. The van der Waals surface area contributed by atoms with E-state index in [4.69, 9.17) is 10.1 Å². The number of aliphatic hydroxyl groups excluding tert-OH is 1. The zero-order chi connectivity index (χ0) is 15.2. The summed E-state index contributed by atoms with van der Waals surface area (Å²) in [6, 6.07) is 14.9. The zero-order valence-corrected chi connectivity index (χ0v) is 12.8. The third-order valence-electron chi connectivity index (χ3n) is 4.03. The van der Waals surface area contributed by atoms with Crippen molar-refractivity contribution in [3.63, 3.8) is 0 Å². The molecule has 0 fully saturated rings. The number of nitrogens with zero attached hydrogens (tertiary/aromatic N) is 2. The third-order valence-corrected chi connectivity index (χ3v) is 4.03. The first-order valence-electron chi connectivity index (χ1n) is 7.90. The largest absolute Gasteiger partial charge is 0.395 e. The molecule has 1 aromatic carbocycles. The number of pyridine rings is 1. The molecular weight excluding hydrogens is 274 g/mol. The Hall–Kier alpha value is -1.75. The van der Waals surface area contributed by atoms with Crippen molar-refractivity contribution in [2.75, 3.05) is 19.7 Å². The number of aliphatic hydroxyl groups is 1. The molecule has 0 spiro atoms. The predicted molar refractivity (Wildman–Crippen MR) is 87.3 cm³/mol. The second-order valence-electron chi connectivity index (χ2n) is 5.76. The molecule has 1 aliphatic rings. The molecule has 22 heavy (non-hydrogen) atoms. The van der Waals surface area contributed by atoms with Crippen LogP contribution in [0.3, 0.4) is 0 Å². The van der Waals surface area contributed by atoms with Crippen molar-refractivity contribution in [2.45, 2.75) is 26.1 Å². The Bertz CT molecular complexity index is 601. The summed E-state index contributed by atoms with van der Waals surface area (Å²) in [6.45, 7) is 4.54. The molecule has 0 radical (unpaired) electrons. The van der Waals surface area contributed by atoms with Crippen LogP contribution in [0.15, 0.2) is 42.5 Å². The monoisotopic (exact) mass is 297 g/mol. The Labute approximate surface area is 131 Å². The van der Waals surface area contributed by atoms with Crippen LogP contribution >= 0.6 is 0 Å². The molecule has 4 heteroatoms. The van der Waals surface area contributed by atoms with Gasteiger partial charge in [-0.3, -0.25) is 9.88 Å². The van der Waals surface area contributed by atoms with Gasteiger partial charge in [-0.15, -0.1) is 0 Å². The van der Waals surface area contributed by atoms with Crippen molar-refractivity contribution in [1.29, 1.82) is 0 Å². The molecule has 4 nitrogen and oxygen atoms in total. The van der Waals surface area contributed by atoms with Crippen LogP contribution in [-0.2, 0) is 26.1 Å². The maximum atomic E-state index is 8.80. The number of nitrogens with one attached hydrogen (secondary N) is 1. The zero-order valence-electron chi connectivity index (χ0n) is 12.8. The van der Waals surface area contributed by atoms with Gasteiger partial charge < -0.3 is 10.4 Å². The molecule has 2 N–H and O–H groups in total. The van der Waals surface area contributed by atoms with E-state index in [1.807, 2.05) is 0 Å². The quantitative estimate of drug-likeness (QED) is 0.797. The van der Waals surface area contributed by atoms with Gasteiger partial charge in [0.1, 0.15) is 0 Å². The summed E-state index contributed by atoms with van der Waals surface area (Å²) in [7, 11) is 0. The van der Waals surface area contributed by atoms with Gasteiger partial charge in [0, 0.05) is 44.8 Å². The summed E-state index contributed by atoms with van der Waals surface area (Å²) in [4.78, 5) is 7.23. The third kappa shape index (κ3) is 3.91. The van der Waals surface area contributed by atoms with Crippen LogP contribution in [0.5, 0.6) is 0 Å². The normalized spacial score (nSPS) is 14.8. The first kappa shape index (κ1) is 15.2. The molecule has 0 bridgehead atoms. The van der Waals surface area contributed by atoms with Crippen LogP contribution in [0.25, 0.3) is 0 Å². The lowest BCUT2D eigenvalue weighted by Crippen LogP contribution is -2.31. The average molecular weight is 297 g/mol. The van der Waals surface area contributed by atoms with E-state index >= 15 is 0 Å². The highest BCUT2D eigenvalue weighted by molar-refractivity contribution is 5.26. The van der Waals surface area contributed by atoms with Crippen LogP contribution in [-0.4, -0.2) is 34.7 Å². The SMILES string of the molecule is OCCNCc1ccc2c(n1)CCN(Cc1ccccc1)C2. The average Bonchev–Trinajstić information content (AvgIpc) is 2.56. The minimum Gasteiger partial charge on any atom is -0.395 e. The van der Waals surface area contributed by atoms with E-state index in [1.165, 1.54) is 16.8 Å². The van der Waals surface area contributed by atoms with Gasteiger partial charge in [0.05, 0.1) is 12.3 Å². The number of hydrogen-bond acceptors (Lipinski definition) is 4. The van der Waals surface area contributed by atoms with E-state index in [0.29, 0.717) is 6.54 Å². The Kier molecular flexibility index (Phi) is 5.16. The maximum absolute atomic E-state index is 8.80. The van der Waals surface area contributed by atoms with Crippen LogP contribution in [0, 0.1) is 0 Å². The van der Waals surface area contributed by atoms with E-state index in [2.05, 4.69) is 52.7 Å². The van der Waals surface area contributed by atoms with E-state index in [0.717, 1.165) is 38.3 Å². The van der Waals surface area contributed by atoms with Gasteiger partial charge in [-0.05, 0) is 17.2 Å². The van der Waals surface area contributed by atoms with Gasteiger partial charge in [-0.25, -0.2) is 0 Å². The summed E-state index contributed by atoms with van der Waals surface area (Å²) >= 11 is 0. The molecule has 116 valence electrons. The molecule has 2 aromatic rings. The summed E-state index contributed by atoms with van der Waals surface area (Å²) < 4.78 is 0. The van der Waals surface area contributed by atoms with Gasteiger partial charge in [-0.1, -0.05) is 36.4 Å². The summed E-state index contributed by atoms with van der Waals surface area (Å²) in [5.41, 5.74) is 4.99. The van der Waals surface area contributed by atoms with Crippen molar-refractivity contribution in [3.8, 4) is 0 Å². The second kappa shape index (κ2) is 7.49. The lowest BCUT2D eigenvalue weighted by Gasteiger charge is -2.28. The molecule has 0 saturated carbocycles. The fourth-order valence-electron chi connectivity index (χ4n) is 2.89. The smallest absolute Gasteiger partial charge is 0.0556 e. The number of fused-ring (bicyclic) bond motifs is 1. The van der Waals surface area contributed by atoms with E-state index in [1.54, 1.807) is 0 Å². The molecule has 3 rings (SSSR count). The van der Waals surface area contributed by atoms with Gasteiger partial charge in [0.2, 0.25) is 0 Å². The van der Waals surface area contributed by atoms with E-state index < -0.39 is 0 Å². The minimum absolute atomic E-state index is 0.166. The first-order valence-corrected chi connectivity index (χ1v) is 7.90. The highest BCUT2D eigenvalue weighted by Gasteiger charge is 2.17. The van der Waals surface area contributed by atoms with Gasteiger partial charge in [0.15, 0.2) is 0 Å². The number of hydrogen-bond donors (Lipinski definition) is 2. The van der Waals surface area contributed by atoms with Crippen molar-refractivity contribution >= 4 is 0 Å². The molecule has 0 aliphatic carbocycles. The molecule has 1 aromatic heterocycles. The van der Waals surface area contributed by atoms with Crippen molar-refractivity contribution in [2.24, 2.45) is 0 Å². The summed E-state index contributed by atoms with van der Waals surface area (Å²) in [5.74, 6) is 0. The Morgan fingerprint density at radius 1 is 1.14 bits per heavy atom. The van der Waals surface area contributed by atoms with Crippen molar-refractivity contribution < 1.29 is 5.11 Å². The lowest BCUT2D eigenvalue weighted by atomic mass is 10.0. The molecular formula is C18H23N3O. The first-order chi connectivity index (χ1) is 10.8. The van der Waals surface area contributed by atoms with E-state index in [-0.39, 0.29) is 6.61 Å². The van der Waals surface area contributed by atoms with E-state index in [9.17, 15) is 0 Å². The molecule has 1 aliphatic heterocycles. The molecule has 0 saturated heterocycles. The second-order valence-corrected chi connectivity index (χ2v) is 5.76. The van der Waals surface area contributed by atoms with Gasteiger partial charge in [0.25, 0.3) is 0 Å². The number of aromatic nitrogens is 1. The minimum atomic E-state index is 0.166. The van der Waals surface area contributed by atoms with Gasteiger partial charge in [-0.2, -0.15) is 0 Å². The predicted octanol–water partition coefficient (Wildman–Crippen LogP) is 1.72. The number of rotatable bonds is 6. The number of benzene rings is 1. The molecule has 0 amide bonds. The topological polar surface area (TPSA) is 48.4 Å². The van der Waals surface area contributed by atoms with Gasteiger partial charge >= 0.3 is 0 Å². The summed E-state index contributed by atoms with van der Waals surface area (Å²) in [6.07, 6.45) is 1.01. The Morgan fingerprint density at radius 2 is 2.00 bits per heavy atom. The van der Waals surface area contributed by atoms with Crippen molar-refractivity contribution in [1.82, 2.24) is 15.2 Å². The van der Waals surface area contributed by atoms with Crippen molar-refractivity contribution in [3.05, 3.63) is 65.0 Å². The highest BCUT2D eigenvalue weighted by atomic mass is 16.3. The Morgan fingerprint density at radius 3 is 2.82 bits per heavy atom. The summed E-state index contributed by atoms with van der Waals surface area (Å²) in [5, 5.41) is 12.0. The molecule has 2 heterocycles. The fourth-order valence-corrected chi connectivity index (χ4v) is 2.89. The molecule has 0 unspecified atom stereocenters. The van der Waals surface area contributed by atoms with Crippen LogP contribution < -0.4 is 5.32 Å². The standard InChI is InChI=1S/C18H23N3O/c22-11-9-19-12-17-7-6-16-14-21(10-8-18(16)20-17)13-15-4-2-1-3-5-15/h1-7,19,22H,8-14H2. The fraction of sp³-hybridized carbons (Fsp3) is 0.389. The highest BCUT2D eigenvalue weighted by Crippen LogP contribution is 2.19.